The van der Waals surface area contributed by atoms with Gasteiger partial charge in [-0.3, -0.25) is 0 Å². The SMILES string of the molecule is CCC1CCC(NCCN2CCSCC2)CC1. The van der Waals surface area contributed by atoms with Crippen molar-refractivity contribution in [1.82, 2.24) is 10.2 Å². The Balaban J connectivity index is 1.53. The molecule has 1 N–H and O–H groups in total. The molecule has 1 aliphatic carbocycles. The van der Waals surface area contributed by atoms with E-state index in [9.17, 15) is 0 Å². The molecule has 1 saturated carbocycles. The van der Waals surface area contributed by atoms with Gasteiger partial charge in [0.15, 0.2) is 0 Å². The maximum absolute atomic E-state index is 3.77. The van der Waals surface area contributed by atoms with E-state index in [1.807, 2.05) is 0 Å². The van der Waals surface area contributed by atoms with E-state index in [2.05, 4.69) is 28.9 Å². The van der Waals surface area contributed by atoms with E-state index in [1.54, 1.807) is 0 Å². The maximum Gasteiger partial charge on any atom is 0.0108 e. The highest BCUT2D eigenvalue weighted by Gasteiger charge is 2.19. The van der Waals surface area contributed by atoms with Gasteiger partial charge >= 0.3 is 0 Å². The molecule has 2 nitrogen and oxygen atoms in total. The van der Waals surface area contributed by atoms with Crippen LogP contribution in [0.2, 0.25) is 0 Å². The number of rotatable bonds is 5. The fourth-order valence-electron chi connectivity index (χ4n) is 3.03. The molecule has 2 rings (SSSR count). The molecule has 0 aromatic heterocycles. The molecule has 0 amide bonds. The van der Waals surface area contributed by atoms with Gasteiger partial charge in [-0.1, -0.05) is 13.3 Å². The minimum absolute atomic E-state index is 0.817. The minimum atomic E-state index is 0.817. The third-order valence-electron chi connectivity index (χ3n) is 4.39. The monoisotopic (exact) mass is 256 g/mol. The van der Waals surface area contributed by atoms with Crippen molar-refractivity contribution in [2.24, 2.45) is 5.92 Å². The Morgan fingerprint density at radius 2 is 1.82 bits per heavy atom. The minimum Gasteiger partial charge on any atom is -0.313 e. The van der Waals surface area contributed by atoms with E-state index < -0.39 is 0 Å². The highest BCUT2D eigenvalue weighted by Crippen LogP contribution is 2.26. The molecule has 0 atom stereocenters. The van der Waals surface area contributed by atoms with Gasteiger partial charge in [0.25, 0.3) is 0 Å². The number of hydrogen-bond donors (Lipinski definition) is 1. The molecule has 0 unspecified atom stereocenters. The number of thioether (sulfide) groups is 1. The molecular weight excluding hydrogens is 228 g/mol. The summed E-state index contributed by atoms with van der Waals surface area (Å²) >= 11 is 2.10. The Morgan fingerprint density at radius 1 is 1.12 bits per heavy atom. The van der Waals surface area contributed by atoms with Crippen molar-refractivity contribution in [1.29, 1.82) is 0 Å². The van der Waals surface area contributed by atoms with Gasteiger partial charge in [0.2, 0.25) is 0 Å². The van der Waals surface area contributed by atoms with Crippen molar-refractivity contribution in [2.75, 3.05) is 37.7 Å². The van der Waals surface area contributed by atoms with E-state index in [0.717, 1.165) is 12.0 Å². The van der Waals surface area contributed by atoms with Crippen molar-refractivity contribution in [3.8, 4) is 0 Å². The lowest BCUT2D eigenvalue weighted by atomic mass is 9.84. The lowest BCUT2D eigenvalue weighted by molar-refractivity contribution is 0.260. The van der Waals surface area contributed by atoms with Crippen LogP contribution in [0.1, 0.15) is 39.0 Å². The summed E-state index contributed by atoms with van der Waals surface area (Å²) in [6, 6.07) is 0.817. The summed E-state index contributed by atoms with van der Waals surface area (Å²) in [6.07, 6.45) is 7.12. The zero-order valence-electron chi connectivity index (χ0n) is 11.3. The zero-order valence-corrected chi connectivity index (χ0v) is 12.1. The van der Waals surface area contributed by atoms with Crippen molar-refractivity contribution in [2.45, 2.75) is 45.1 Å². The van der Waals surface area contributed by atoms with Crippen LogP contribution in [0.4, 0.5) is 0 Å². The molecule has 3 heteroatoms. The summed E-state index contributed by atoms with van der Waals surface area (Å²) in [5.74, 6) is 3.69. The first kappa shape index (κ1) is 13.7. The maximum atomic E-state index is 3.77. The predicted octanol–water partition coefficient (Wildman–Crippen LogP) is 2.59. The topological polar surface area (TPSA) is 15.3 Å². The first-order chi connectivity index (χ1) is 8.38. The van der Waals surface area contributed by atoms with E-state index in [1.165, 1.54) is 69.8 Å². The van der Waals surface area contributed by atoms with Crippen LogP contribution in [0, 0.1) is 5.92 Å². The molecule has 0 bridgehead atoms. The van der Waals surface area contributed by atoms with Crippen LogP contribution in [-0.2, 0) is 0 Å². The fourth-order valence-corrected chi connectivity index (χ4v) is 4.01. The lowest BCUT2D eigenvalue weighted by Gasteiger charge is -2.30. The second-order valence-corrected chi connectivity index (χ2v) is 6.76. The fraction of sp³-hybridized carbons (Fsp3) is 1.00. The molecule has 2 fully saturated rings. The van der Waals surface area contributed by atoms with Gasteiger partial charge in [0.1, 0.15) is 0 Å². The molecule has 17 heavy (non-hydrogen) atoms. The Hall–Kier alpha value is 0.270. The third-order valence-corrected chi connectivity index (χ3v) is 5.33. The Kier molecular flexibility index (Phi) is 6.16. The summed E-state index contributed by atoms with van der Waals surface area (Å²) in [4.78, 5) is 2.61. The van der Waals surface area contributed by atoms with Gasteiger partial charge in [0, 0.05) is 43.7 Å². The van der Waals surface area contributed by atoms with Crippen molar-refractivity contribution in [3.63, 3.8) is 0 Å². The standard InChI is InChI=1S/C14H28N2S/c1-2-13-3-5-14(6-4-13)15-7-8-16-9-11-17-12-10-16/h13-15H,2-12H2,1H3. The van der Waals surface area contributed by atoms with Crippen LogP contribution < -0.4 is 5.32 Å². The van der Waals surface area contributed by atoms with Crippen LogP contribution in [0.25, 0.3) is 0 Å². The highest BCUT2D eigenvalue weighted by atomic mass is 32.2. The van der Waals surface area contributed by atoms with Gasteiger partial charge in [0.05, 0.1) is 0 Å². The smallest absolute Gasteiger partial charge is 0.0108 e. The van der Waals surface area contributed by atoms with Gasteiger partial charge in [-0.05, 0) is 31.6 Å². The normalized spacial score (nSPS) is 31.6. The molecule has 2 aliphatic rings. The summed E-state index contributed by atoms with van der Waals surface area (Å²) in [6.45, 7) is 7.40. The van der Waals surface area contributed by atoms with E-state index in [4.69, 9.17) is 0 Å². The van der Waals surface area contributed by atoms with E-state index in [0.29, 0.717) is 0 Å². The summed E-state index contributed by atoms with van der Waals surface area (Å²) in [5.41, 5.74) is 0. The Bertz CT molecular complexity index is 196. The first-order valence-corrected chi connectivity index (χ1v) is 8.57. The lowest BCUT2D eigenvalue weighted by Crippen LogP contribution is -2.41. The Labute approximate surface area is 111 Å². The van der Waals surface area contributed by atoms with Crippen LogP contribution in [0.5, 0.6) is 0 Å². The second-order valence-electron chi connectivity index (χ2n) is 5.53. The van der Waals surface area contributed by atoms with Gasteiger partial charge in [-0.2, -0.15) is 11.8 Å². The summed E-state index contributed by atoms with van der Waals surface area (Å²) in [5, 5.41) is 3.77. The predicted molar refractivity (Wildman–Crippen MR) is 77.8 cm³/mol. The zero-order chi connectivity index (χ0) is 11.9. The second kappa shape index (κ2) is 7.65. The van der Waals surface area contributed by atoms with Gasteiger partial charge < -0.3 is 10.2 Å². The molecule has 100 valence electrons. The molecule has 0 aromatic rings. The molecule has 0 spiro atoms. The van der Waals surface area contributed by atoms with Gasteiger partial charge in [-0.15, -0.1) is 0 Å². The molecule has 1 aliphatic heterocycles. The first-order valence-electron chi connectivity index (χ1n) is 7.42. The number of nitrogens with zero attached hydrogens (tertiary/aromatic N) is 1. The molecule has 0 aromatic carbocycles. The quantitative estimate of drug-likeness (QED) is 0.814. The average molecular weight is 256 g/mol. The van der Waals surface area contributed by atoms with Crippen molar-refractivity contribution < 1.29 is 0 Å². The Morgan fingerprint density at radius 3 is 2.47 bits per heavy atom. The molecule has 0 radical (unpaired) electrons. The number of hydrogen-bond acceptors (Lipinski definition) is 3. The highest BCUT2D eigenvalue weighted by molar-refractivity contribution is 7.99. The molecule has 1 heterocycles. The van der Waals surface area contributed by atoms with Crippen LogP contribution in [0.3, 0.4) is 0 Å². The van der Waals surface area contributed by atoms with E-state index in [-0.39, 0.29) is 0 Å². The molecule has 1 saturated heterocycles. The van der Waals surface area contributed by atoms with E-state index >= 15 is 0 Å². The summed E-state index contributed by atoms with van der Waals surface area (Å²) < 4.78 is 0. The number of nitrogens with one attached hydrogen (secondary N) is 1. The van der Waals surface area contributed by atoms with Gasteiger partial charge in [-0.25, -0.2) is 0 Å². The van der Waals surface area contributed by atoms with Crippen LogP contribution >= 0.6 is 11.8 Å². The van der Waals surface area contributed by atoms with Crippen LogP contribution in [0.15, 0.2) is 0 Å². The van der Waals surface area contributed by atoms with Crippen molar-refractivity contribution >= 4 is 11.8 Å². The molecular formula is C14H28N2S. The van der Waals surface area contributed by atoms with Crippen LogP contribution in [-0.4, -0.2) is 48.6 Å². The largest absolute Gasteiger partial charge is 0.313 e. The summed E-state index contributed by atoms with van der Waals surface area (Å²) in [7, 11) is 0. The third kappa shape index (κ3) is 4.80. The van der Waals surface area contributed by atoms with Crippen molar-refractivity contribution in [3.05, 3.63) is 0 Å². The average Bonchev–Trinajstić information content (AvgIpc) is 2.41.